The molecule has 0 fully saturated rings. The Hall–Kier alpha value is -1.79. The summed E-state index contributed by atoms with van der Waals surface area (Å²) in [5.74, 6) is -0.210. The fraction of sp³-hybridized carbons (Fsp3) is 0.308. The number of pyridine rings is 1. The number of aliphatic hydroxyl groups is 1. The van der Waals surface area contributed by atoms with E-state index in [2.05, 4.69) is 15.3 Å². The van der Waals surface area contributed by atoms with Crippen LogP contribution in [-0.2, 0) is 0 Å². The van der Waals surface area contributed by atoms with Gasteiger partial charge in [0.05, 0.1) is 18.0 Å². The average Bonchev–Trinajstić information content (AvgIpc) is 2.81. The van der Waals surface area contributed by atoms with Crippen molar-refractivity contribution in [3.63, 3.8) is 0 Å². The summed E-state index contributed by atoms with van der Waals surface area (Å²) in [4.78, 5) is 21.1. The molecule has 100 valence electrons. The lowest BCUT2D eigenvalue weighted by Crippen LogP contribution is -2.34. The molecule has 0 aliphatic rings. The molecule has 5 nitrogen and oxygen atoms in total. The zero-order valence-electron chi connectivity index (χ0n) is 10.8. The minimum Gasteiger partial charge on any atom is -0.394 e. The first-order valence-electron chi connectivity index (χ1n) is 5.92. The van der Waals surface area contributed by atoms with E-state index in [0.717, 1.165) is 10.7 Å². The van der Waals surface area contributed by atoms with Crippen LogP contribution in [0.25, 0.3) is 10.7 Å². The molecular weight excluding hydrogens is 262 g/mol. The van der Waals surface area contributed by atoms with Crippen LogP contribution in [0.1, 0.15) is 22.3 Å². The largest absolute Gasteiger partial charge is 0.394 e. The lowest BCUT2D eigenvalue weighted by molar-refractivity contribution is 0.0925. The Balaban J connectivity index is 2.24. The van der Waals surface area contributed by atoms with Crippen LogP contribution in [0.5, 0.6) is 0 Å². The standard InChI is InChI=1S/C13H15N3O2S/c1-8(7-17)15-12(18)11-9(2)16-13(19-11)10-5-3-4-6-14-10/h3-6,8,17H,7H2,1-2H3,(H,15,18). The predicted octanol–water partition coefficient (Wildman–Crippen LogP) is 1.62. The number of carbonyl (C=O) groups excluding carboxylic acids is 1. The Labute approximate surface area is 115 Å². The van der Waals surface area contributed by atoms with Crippen LogP contribution >= 0.6 is 11.3 Å². The van der Waals surface area contributed by atoms with Gasteiger partial charge in [-0.15, -0.1) is 11.3 Å². The number of amides is 1. The van der Waals surface area contributed by atoms with Gasteiger partial charge in [0.15, 0.2) is 0 Å². The molecule has 2 aromatic heterocycles. The van der Waals surface area contributed by atoms with Gasteiger partial charge in [-0.2, -0.15) is 0 Å². The number of thiazole rings is 1. The fourth-order valence-electron chi connectivity index (χ4n) is 1.54. The normalized spacial score (nSPS) is 12.2. The molecule has 0 saturated carbocycles. The highest BCUT2D eigenvalue weighted by Crippen LogP contribution is 2.26. The molecule has 2 N–H and O–H groups in total. The van der Waals surface area contributed by atoms with E-state index in [1.165, 1.54) is 11.3 Å². The third-order valence-electron chi connectivity index (χ3n) is 2.54. The number of hydrogen-bond acceptors (Lipinski definition) is 5. The monoisotopic (exact) mass is 277 g/mol. The first kappa shape index (κ1) is 13.6. The molecular formula is C13H15N3O2S. The fourth-order valence-corrected chi connectivity index (χ4v) is 2.49. The van der Waals surface area contributed by atoms with Crippen molar-refractivity contribution in [3.05, 3.63) is 35.0 Å². The lowest BCUT2D eigenvalue weighted by Gasteiger charge is -2.09. The van der Waals surface area contributed by atoms with Crippen LogP contribution in [0, 0.1) is 6.92 Å². The first-order valence-corrected chi connectivity index (χ1v) is 6.74. The molecule has 0 radical (unpaired) electrons. The number of aliphatic hydroxyl groups excluding tert-OH is 1. The number of aromatic nitrogens is 2. The summed E-state index contributed by atoms with van der Waals surface area (Å²) in [6, 6.07) is 5.30. The van der Waals surface area contributed by atoms with Gasteiger partial charge >= 0.3 is 0 Å². The van der Waals surface area contributed by atoms with Gasteiger partial charge < -0.3 is 10.4 Å². The zero-order chi connectivity index (χ0) is 13.8. The van der Waals surface area contributed by atoms with E-state index in [1.807, 2.05) is 18.2 Å². The van der Waals surface area contributed by atoms with Crippen molar-refractivity contribution in [2.75, 3.05) is 6.61 Å². The number of hydrogen-bond donors (Lipinski definition) is 2. The molecule has 2 rings (SSSR count). The first-order chi connectivity index (χ1) is 9.11. The van der Waals surface area contributed by atoms with E-state index in [9.17, 15) is 4.79 Å². The second kappa shape index (κ2) is 5.90. The van der Waals surface area contributed by atoms with E-state index < -0.39 is 0 Å². The van der Waals surface area contributed by atoms with Crippen molar-refractivity contribution >= 4 is 17.2 Å². The van der Waals surface area contributed by atoms with Crippen LogP contribution in [0.15, 0.2) is 24.4 Å². The molecule has 1 atom stereocenters. The highest BCUT2D eigenvalue weighted by Gasteiger charge is 2.17. The second-order valence-electron chi connectivity index (χ2n) is 4.21. The molecule has 0 spiro atoms. The molecule has 0 bridgehead atoms. The number of aryl methyl sites for hydroxylation is 1. The summed E-state index contributed by atoms with van der Waals surface area (Å²) in [5, 5.41) is 12.4. The van der Waals surface area contributed by atoms with E-state index >= 15 is 0 Å². The predicted molar refractivity (Wildman–Crippen MR) is 74.1 cm³/mol. The maximum atomic E-state index is 12.0. The molecule has 6 heteroatoms. The Bertz CT molecular complexity index is 569. The van der Waals surface area contributed by atoms with Crippen LogP contribution in [0.4, 0.5) is 0 Å². The third-order valence-corrected chi connectivity index (χ3v) is 3.72. The maximum Gasteiger partial charge on any atom is 0.263 e. The van der Waals surface area contributed by atoms with Crippen LogP contribution in [0.2, 0.25) is 0 Å². The Kier molecular flexibility index (Phi) is 4.24. The van der Waals surface area contributed by atoms with Gasteiger partial charge in [-0.05, 0) is 26.0 Å². The highest BCUT2D eigenvalue weighted by atomic mass is 32.1. The van der Waals surface area contributed by atoms with Crippen molar-refractivity contribution in [1.82, 2.24) is 15.3 Å². The lowest BCUT2D eigenvalue weighted by atomic mass is 10.3. The molecule has 0 aliphatic carbocycles. The molecule has 0 saturated heterocycles. The summed E-state index contributed by atoms with van der Waals surface area (Å²) in [5.41, 5.74) is 1.43. The molecule has 1 unspecified atom stereocenters. The maximum absolute atomic E-state index is 12.0. The number of rotatable bonds is 4. The van der Waals surface area contributed by atoms with Gasteiger partial charge in [-0.1, -0.05) is 6.07 Å². The highest BCUT2D eigenvalue weighted by molar-refractivity contribution is 7.17. The van der Waals surface area contributed by atoms with Gasteiger partial charge in [-0.3, -0.25) is 9.78 Å². The molecule has 19 heavy (non-hydrogen) atoms. The van der Waals surface area contributed by atoms with Crippen LogP contribution in [-0.4, -0.2) is 33.6 Å². The number of carbonyl (C=O) groups is 1. The Morgan fingerprint density at radius 1 is 1.53 bits per heavy atom. The van der Waals surface area contributed by atoms with Crippen LogP contribution < -0.4 is 5.32 Å². The topological polar surface area (TPSA) is 75.1 Å². The quantitative estimate of drug-likeness (QED) is 0.890. The molecule has 0 aliphatic heterocycles. The smallest absolute Gasteiger partial charge is 0.263 e. The summed E-state index contributed by atoms with van der Waals surface area (Å²) in [6.07, 6.45) is 1.69. The zero-order valence-corrected chi connectivity index (χ0v) is 11.6. The SMILES string of the molecule is Cc1nc(-c2ccccn2)sc1C(=O)NC(C)CO. The summed E-state index contributed by atoms with van der Waals surface area (Å²) in [7, 11) is 0. The minimum atomic E-state index is -0.271. The average molecular weight is 277 g/mol. The molecule has 0 aromatic carbocycles. The van der Waals surface area contributed by atoms with E-state index in [4.69, 9.17) is 5.11 Å². The van der Waals surface area contributed by atoms with Crippen molar-refractivity contribution in [1.29, 1.82) is 0 Å². The van der Waals surface area contributed by atoms with Gasteiger partial charge in [0.2, 0.25) is 0 Å². The van der Waals surface area contributed by atoms with Crippen molar-refractivity contribution in [3.8, 4) is 10.7 Å². The third kappa shape index (κ3) is 3.15. The summed E-state index contributed by atoms with van der Waals surface area (Å²) in [6.45, 7) is 3.45. The van der Waals surface area contributed by atoms with Gasteiger partial charge in [0.1, 0.15) is 9.88 Å². The van der Waals surface area contributed by atoms with Crippen molar-refractivity contribution in [2.24, 2.45) is 0 Å². The van der Waals surface area contributed by atoms with Gasteiger partial charge in [0.25, 0.3) is 5.91 Å². The Morgan fingerprint density at radius 3 is 2.95 bits per heavy atom. The van der Waals surface area contributed by atoms with E-state index in [1.54, 1.807) is 20.0 Å². The van der Waals surface area contributed by atoms with Crippen molar-refractivity contribution in [2.45, 2.75) is 19.9 Å². The molecule has 2 aromatic rings. The summed E-state index contributed by atoms with van der Waals surface area (Å²) < 4.78 is 0. The molecule has 2 heterocycles. The van der Waals surface area contributed by atoms with E-state index in [-0.39, 0.29) is 18.6 Å². The van der Waals surface area contributed by atoms with Gasteiger partial charge in [-0.25, -0.2) is 4.98 Å². The summed E-state index contributed by atoms with van der Waals surface area (Å²) >= 11 is 1.31. The Morgan fingerprint density at radius 2 is 2.32 bits per heavy atom. The van der Waals surface area contributed by atoms with Crippen molar-refractivity contribution < 1.29 is 9.90 Å². The number of nitrogens with one attached hydrogen (secondary N) is 1. The minimum absolute atomic E-state index is 0.0866. The van der Waals surface area contributed by atoms with E-state index in [0.29, 0.717) is 10.6 Å². The second-order valence-corrected chi connectivity index (χ2v) is 5.20. The molecule has 1 amide bonds. The van der Waals surface area contributed by atoms with Gasteiger partial charge in [0, 0.05) is 12.2 Å². The number of nitrogens with zero attached hydrogens (tertiary/aromatic N) is 2. The van der Waals surface area contributed by atoms with Crippen LogP contribution in [0.3, 0.4) is 0 Å².